The number of hydrazine groups is 1. The third-order valence-corrected chi connectivity index (χ3v) is 7.88. The molecule has 0 aromatic rings. The minimum atomic E-state index is -1.19. The van der Waals surface area contributed by atoms with Crippen LogP contribution in [0.25, 0.3) is 0 Å². The Labute approximate surface area is 269 Å². The lowest BCUT2D eigenvalue weighted by molar-refractivity contribution is -0.148. The number of carbonyl (C=O) groups excluding carboxylic acids is 5. The molecular formula is C30H51N5O11. The monoisotopic (exact) mass is 657 g/mol. The van der Waals surface area contributed by atoms with E-state index in [0.29, 0.717) is 32.4 Å². The van der Waals surface area contributed by atoms with Crippen molar-refractivity contribution in [3.05, 3.63) is 0 Å². The second kappa shape index (κ2) is 20.4. The summed E-state index contributed by atoms with van der Waals surface area (Å²) in [6.07, 6.45) is 1.98. The van der Waals surface area contributed by atoms with E-state index in [2.05, 4.69) is 16.1 Å². The average Bonchev–Trinajstić information content (AvgIpc) is 3.59. The first-order chi connectivity index (χ1) is 21.0. The van der Waals surface area contributed by atoms with Gasteiger partial charge in [-0.3, -0.25) is 38.4 Å². The predicted octanol–water partition coefficient (Wildman–Crippen LogP) is 0.231. The Kier molecular flexibility index (Phi) is 18.7. The van der Waals surface area contributed by atoms with Gasteiger partial charge in [-0.15, -0.1) is 0 Å². The quantitative estimate of drug-likeness (QED) is 0.116. The molecule has 2 fully saturated rings. The molecule has 2 rings (SSSR count). The highest BCUT2D eigenvalue weighted by atomic mass is 16.4. The van der Waals surface area contributed by atoms with E-state index in [1.165, 1.54) is 18.7 Å². The number of likely N-dealkylation sites (tertiary alicyclic amines) is 1. The zero-order valence-corrected chi connectivity index (χ0v) is 26.4. The summed E-state index contributed by atoms with van der Waals surface area (Å²) in [4.78, 5) is 93.3. The van der Waals surface area contributed by atoms with Crippen LogP contribution in [0.1, 0.15) is 86.0 Å². The Balaban J connectivity index is 0.000000862. The molecule has 2 aliphatic heterocycles. The number of amides is 2. The minimum absolute atomic E-state index is 0. The topological polar surface area (TPSA) is 240 Å². The van der Waals surface area contributed by atoms with E-state index in [4.69, 9.17) is 10.2 Å². The number of carboxylic acid groups (broad SMARTS) is 3. The maximum atomic E-state index is 12.6. The summed E-state index contributed by atoms with van der Waals surface area (Å²) in [7, 11) is 1.64. The van der Waals surface area contributed by atoms with Gasteiger partial charge >= 0.3 is 17.9 Å². The van der Waals surface area contributed by atoms with Gasteiger partial charge in [0, 0.05) is 32.4 Å². The fraction of sp³-hybridized carbons (Fsp3) is 0.733. The van der Waals surface area contributed by atoms with Crippen molar-refractivity contribution in [3.8, 4) is 0 Å². The van der Waals surface area contributed by atoms with Gasteiger partial charge in [-0.25, -0.2) is 10.4 Å². The number of hydrogen-bond donors (Lipinski definition) is 6. The number of aliphatic carboxylic acids is 3. The summed E-state index contributed by atoms with van der Waals surface area (Å²) >= 11 is 0. The molecule has 0 aliphatic carbocycles. The zero-order valence-electron chi connectivity index (χ0n) is 26.4. The smallest absolute Gasteiger partial charge is 0.306 e. The number of ketones is 3. The van der Waals surface area contributed by atoms with Crippen molar-refractivity contribution in [1.29, 1.82) is 0 Å². The molecule has 2 saturated heterocycles. The van der Waals surface area contributed by atoms with E-state index in [9.17, 15) is 43.5 Å². The van der Waals surface area contributed by atoms with Crippen LogP contribution < -0.4 is 16.1 Å². The van der Waals surface area contributed by atoms with Gasteiger partial charge in [0.25, 0.3) is 0 Å². The molecule has 0 spiro atoms. The molecule has 2 aliphatic rings. The molecule has 2 heterocycles. The van der Waals surface area contributed by atoms with Crippen LogP contribution in [-0.4, -0.2) is 123 Å². The highest BCUT2D eigenvalue weighted by molar-refractivity contribution is 5.95. The lowest BCUT2D eigenvalue weighted by atomic mass is 9.85. The standard InChI is InChI=1S/C15H24N2O6.C14H23N3O5.CH4/c1-15(6-3-7-17(15)12(19)9-16-2)11(18)8-10(14(22)23)4-5-13(20)21;1-9(18)8-15-14(22)12-4-3-7-17(12)16-11(10(2)19)5-6-13(20)21;/h10,16H,3-9H2,1-2H3,(H,20,21)(H,22,23);11-12,16H,3-8H2,1-2H3,(H,15,22)(H,20,21);1H4/t;11-,12-;/m.0./s1. The second-order valence-corrected chi connectivity index (χ2v) is 11.5. The van der Waals surface area contributed by atoms with E-state index in [1.807, 2.05) is 0 Å². The Morgan fingerprint density at radius 3 is 2.02 bits per heavy atom. The fourth-order valence-electron chi connectivity index (χ4n) is 5.30. The fourth-order valence-corrected chi connectivity index (χ4v) is 5.30. The van der Waals surface area contributed by atoms with Crippen LogP contribution in [0, 0.1) is 5.92 Å². The predicted molar refractivity (Wildman–Crippen MR) is 166 cm³/mol. The van der Waals surface area contributed by atoms with E-state index in [1.54, 1.807) is 19.0 Å². The molecule has 262 valence electrons. The van der Waals surface area contributed by atoms with Crippen LogP contribution in [-0.2, 0) is 38.4 Å². The summed E-state index contributed by atoms with van der Waals surface area (Å²) in [5.74, 6) is -5.38. The number of carbonyl (C=O) groups is 8. The zero-order chi connectivity index (χ0) is 34.3. The van der Waals surface area contributed by atoms with Gasteiger partial charge in [-0.2, -0.15) is 0 Å². The van der Waals surface area contributed by atoms with Gasteiger partial charge in [-0.05, 0) is 66.3 Å². The average molecular weight is 658 g/mol. The van der Waals surface area contributed by atoms with Crippen molar-refractivity contribution >= 4 is 47.1 Å². The number of nitrogens with zero attached hydrogens (tertiary/aromatic N) is 2. The van der Waals surface area contributed by atoms with Crippen molar-refractivity contribution in [1.82, 2.24) is 26.0 Å². The molecule has 2 amide bonds. The molecule has 6 N–H and O–H groups in total. The number of hydrogen-bond acceptors (Lipinski definition) is 11. The molecule has 0 saturated carbocycles. The van der Waals surface area contributed by atoms with Crippen LogP contribution in [0.15, 0.2) is 0 Å². The van der Waals surface area contributed by atoms with Crippen LogP contribution in [0.2, 0.25) is 0 Å². The molecule has 4 atom stereocenters. The maximum absolute atomic E-state index is 12.6. The number of nitrogens with one attached hydrogen (secondary N) is 3. The molecule has 0 bridgehead atoms. The van der Waals surface area contributed by atoms with Crippen molar-refractivity contribution in [3.63, 3.8) is 0 Å². The van der Waals surface area contributed by atoms with Crippen LogP contribution in [0.4, 0.5) is 0 Å². The molecule has 16 heteroatoms. The molecule has 16 nitrogen and oxygen atoms in total. The number of rotatable bonds is 18. The van der Waals surface area contributed by atoms with Crippen LogP contribution >= 0.6 is 0 Å². The summed E-state index contributed by atoms with van der Waals surface area (Å²) in [5, 5.41) is 33.6. The highest BCUT2D eigenvalue weighted by Gasteiger charge is 2.45. The summed E-state index contributed by atoms with van der Waals surface area (Å²) in [5.41, 5.74) is 1.96. The Hall–Kier alpha value is -3.76. The number of likely N-dealkylation sites (N-methyl/N-ethyl adjacent to an activating group) is 1. The molecular weight excluding hydrogens is 606 g/mol. The minimum Gasteiger partial charge on any atom is -0.481 e. The van der Waals surface area contributed by atoms with Gasteiger partial charge in [0.2, 0.25) is 11.8 Å². The first-order valence-corrected chi connectivity index (χ1v) is 15.0. The van der Waals surface area contributed by atoms with E-state index >= 15 is 0 Å². The van der Waals surface area contributed by atoms with Crippen LogP contribution in [0.3, 0.4) is 0 Å². The SMILES string of the molecule is C.CC(=O)CNC(=O)[C@@H]1CCCN1N[C@@H](CCC(=O)O)C(C)=O.CNCC(=O)N1CCCC1(C)C(=O)CC(CCC(=O)O)C(=O)O. The first-order valence-electron chi connectivity index (χ1n) is 15.0. The first kappa shape index (κ1) is 42.2. The lowest BCUT2D eigenvalue weighted by Crippen LogP contribution is -2.54. The molecule has 0 aromatic carbocycles. The summed E-state index contributed by atoms with van der Waals surface area (Å²) in [6, 6.07) is -1.08. The number of carboxylic acids is 3. The highest BCUT2D eigenvalue weighted by Crippen LogP contribution is 2.32. The van der Waals surface area contributed by atoms with Crippen LogP contribution in [0.5, 0.6) is 0 Å². The largest absolute Gasteiger partial charge is 0.481 e. The van der Waals surface area contributed by atoms with Crippen molar-refractivity contribution in [2.45, 2.75) is 104 Å². The van der Waals surface area contributed by atoms with E-state index in [-0.39, 0.29) is 81.8 Å². The van der Waals surface area contributed by atoms with Crippen molar-refractivity contribution in [2.75, 3.05) is 33.2 Å². The van der Waals surface area contributed by atoms with Gasteiger partial charge in [0.05, 0.1) is 30.6 Å². The second-order valence-electron chi connectivity index (χ2n) is 11.5. The molecule has 0 aromatic heterocycles. The van der Waals surface area contributed by atoms with Gasteiger partial charge in [0.1, 0.15) is 17.6 Å². The third-order valence-electron chi connectivity index (χ3n) is 7.88. The molecule has 0 radical (unpaired) electrons. The molecule has 2 unspecified atom stereocenters. The molecule has 46 heavy (non-hydrogen) atoms. The van der Waals surface area contributed by atoms with Gasteiger partial charge in [-0.1, -0.05) is 7.43 Å². The summed E-state index contributed by atoms with van der Waals surface area (Å²) in [6.45, 7) is 5.60. The Morgan fingerprint density at radius 1 is 0.891 bits per heavy atom. The third kappa shape index (κ3) is 13.7. The Bertz CT molecular complexity index is 1110. The normalized spacial score (nSPS) is 20.3. The maximum Gasteiger partial charge on any atom is 0.306 e. The van der Waals surface area contributed by atoms with Gasteiger partial charge in [0.15, 0.2) is 5.78 Å². The summed E-state index contributed by atoms with van der Waals surface area (Å²) < 4.78 is 0. The van der Waals surface area contributed by atoms with Gasteiger partial charge < -0.3 is 30.9 Å². The van der Waals surface area contributed by atoms with E-state index in [0.717, 1.165) is 6.42 Å². The number of Topliss-reactive ketones (excluding diaryl/α,β-unsaturated/α-hetero) is 3. The van der Waals surface area contributed by atoms with E-state index < -0.39 is 41.4 Å². The Morgan fingerprint density at radius 2 is 1.50 bits per heavy atom. The van der Waals surface area contributed by atoms with Crippen molar-refractivity contribution < 1.29 is 53.7 Å². The van der Waals surface area contributed by atoms with Crippen molar-refractivity contribution in [2.24, 2.45) is 5.92 Å². The lowest BCUT2D eigenvalue weighted by Gasteiger charge is -2.34.